The Bertz CT molecular complexity index is 1260. The third-order valence-corrected chi connectivity index (χ3v) is 6.90. The van der Waals surface area contributed by atoms with Crippen LogP contribution >= 0.6 is 0 Å². The third-order valence-electron chi connectivity index (χ3n) is 6.90. The zero-order chi connectivity index (χ0) is 29.2. The summed E-state index contributed by atoms with van der Waals surface area (Å²) in [6.07, 6.45) is -2.08. The summed E-state index contributed by atoms with van der Waals surface area (Å²) in [6.45, 7) is 4.11. The average Bonchev–Trinajstić information content (AvgIpc) is 2.99. The van der Waals surface area contributed by atoms with Crippen LogP contribution in [-0.2, 0) is 9.59 Å². The highest BCUT2D eigenvalue weighted by atomic mass is 19.4. The Morgan fingerprint density at radius 1 is 0.975 bits per heavy atom. The highest BCUT2D eigenvalue weighted by molar-refractivity contribution is 6.04. The Morgan fingerprint density at radius 2 is 1.62 bits per heavy atom. The summed E-state index contributed by atoms with van der Waals surface area (Å²) in [4.78, 5) is 44.0. The minimum Gasteiger partial charge on any atom is -0.406 e. The summed E-state index contributed by atoms with van der Waals surface area (Å²) >= 11 is 0. The topological polar surface area (TPSA) is 94.2 Å². The first-order chi connectivity index (χ1) is 18.7. The lowest BCUT2D eigenvalue weighted by Gasteiger charge is -2.33. The van der Waals surface area contributed by atoms with Gasteiger partial charge in [0, 0.05) is 25.8 Å². The Balaban J connectivity index is 1.59. The second-order valence-corrected chi connectivity index (χ2v) is 10.3. The normalized spacial score (nSPS) is 18.1. The molecule has 13 heteroatoms. The van der Waals surface area contributed by atoms with Crippen LogP contribution in [-0.4, -0.2) is 67.4 Å². The number of alkyl halides is 3. The molecule has 2 aliphatic heterocycles. The molecule has 4 rings (SSSR count). The van der Waals surface area contributed by atoms with E-state index >= 15 is 0 Å². The van der Waals surface area contributed by atoms with Gasteiger partial charge in [-0.1, -0.05) is 0 Å². The summed E-state index contributed by atoms with van der Waals surface area (Å²) in [6, 6.07) is 7.25. The van der Waals surface area contributed by atoms with Gasteiger partial charge in [0.05, 0.1) is 17.9 Å². The number of fused-ring (bicyclic) bond motifs is 1. The van der Waals surface area contributed by atoms with E-state index in [2.05, 4.69) is 15.4 Å². The predicted octanol–water partition coefficient (Wildman–Crippen LogP) is 4.30. The Morgan fingerprint density at radius 3 is 2.25 bits per heavy atom. The van der Waals surface area contributed by atoms with E-state index in [-0.39, 0.29) is 18.3 Å². The molecule has 2 aliphatic rings. The van der Waals surface area contributed by atoms with Crippen LogP contribution in [0.3, 0.4) is 0 Å². The van der Waals surface area contributed by atoms with Gasteiger partial charge in [0.2, 0.25) is 5.91 Å². The molecule has 1 atom stereocenters. The first-order valence-electron chi connectivity index (χ1n) is 12.8. The standard InChI is InChI=1S/C27H31F4N5O4/c1-26(2,33-25(39)35-13-5-4-6-14-35)24(38)32-20-16-36(18-8-10-19(11-9-18)40-27(29,30)31)21-12-7-17(28)15-22(21)34(3)23(20)37/h7-12,15,20H,4-6,13-14,16H2,1-3H3,(H,32,38)(H,33,39)/t20-/m1/s1. The number of nitrogens with one attached hydrogen (secondary N) is 2. The van der Waals surface area contributed by atoms with Gasteiger partial charge in [-0.15, -0.1) is 13.2 Å². The van der Waals surface area contributed by atoms with Gasteiger partial charge < -0.3 is 30.1 Å². The van der Waals surface area contributed by atoms with Crippen LogP contribution in [0.4, 0.5) is 39.4 Å². The van der Waals surface area contributed by atoms with Crippen LogP contribution in [0.15, 0.2) is 42.5 Å². The van der Waals surface area contributed by atoms with Crippen LogP contribution in [0, 0.1) is 5.82 Å². The van der Waals surface area contributed by atoms with E-state index in [0.29, 0.717) is 24.5 Å². The predicted molar refractivity (Wildman–Crippen MR) is 140 cm³/mol. The fourth-order valence-corrected chi connectivity index (χ4v) is 4.72. The summed E-state index contributed by atoms with van der Waals surface area (Å²) in [5.74, 6) is -2.19. The molecule has 216 valence electrons. The number of hydrogen-bond acceptors (Lipinski definition) is 5. The highest BCUT2D eigenvalue weighted by Gasteiger charge is 2.38. The van der Waals surface area contributed by atoms with Crippen molar-refractivity contribution in [2.24, 2.45) is 0 Å². The van der Waals surface area contributed by atoms with E-state index in [1.807, 2.05) is 0 Å². The average molecular weight is 566 g/mol. The molecule has 2 heterocycles. The number of likely N-dealkylation sites (tertiary alicyclic amines) is 1. The number of carbonyl (C=O) groups is 3. The van der Waals surface area contributed by atoms with Crippen molar-refractivity contribution in [3.8, 4) is 5.75 Å². The third kappa shape index (κ3) is 6.57. The van der Waals surface area contributed by atoms with Crippen LogP contribution in [0.25, 0.3) is 0 Å². The first-order valence-corrected chi connectivity index (χ1v) is 12.8. The number of amides is 4. The number of carbonyl (C=O) groups excluding carboxylic acids is 3. The van der Waals surface area contributed by atoms with E-state index in [4.69, 9.17) is 0 Å². The van der Waals surface area contributed by atoms with Crippen LogP contribution in [0.5, 0.6) is 5.75 Å². The second kappa shape index (κ2) is 11.2. The van der Waals surface area contributed by atoms with E-state index in [1.165, 1.54) is 50.1 Å². The molecule has 9 nitrogen and oxygen atoms in total. The van der Waals surface area contributed by atoms with Crippen molar-refractivity contribution < 1.29 is 36.7 Å². The van der Waals surface area contributed by atoms with Gasteiger partial charge in [0.1, 0.15) is 23.1 Å². The molecule has 0 aromatic heterocycles. The number of halogens is 4. The van der Waals surface area contributed by atoms with Crippen LogP contribution < -0.4 is 25.2 Å². The molecule has 0 radical (unpaired) electrons. The number of benzene rings is 2. The lowest BCUT2D eigenvalue weighted by atomic mass is 10.0. The highest BCUT2D eigenvalue weighted by Crippen LogP contribution is 2.38. The summed E-state index contributed by atoms with van der Waals surface area (Å²) in [7, 11) is 1.44. The fourth-order valence-electron chi connectivity index (χ4n) is 4.72. The maximum atomic E-state index is 14.2. The number of nitrogens with zero attached hydrogens (tertiary/aromatic N) is 3. The van der Waals surface area contributed by atoms with Gasteiger partial charge in [0.25, 0.3) is 5.91 Å². The second-order valence-electron chi connectivity index (χ2n) is 10.3. The molecule has 0 saturated carbocycles. The minimum atomic E-state index is -4.87. The molecule has 1 fully saturated rings. The van der Waals surface area contributed by atoms with Gasteiger partial charge >= 0.3 is 12.4 Å². The monoisotopic (exact) mass is 565 g/mol. The molecule has 40 heavy (non-hydrogen) atoms. The largest absolute Gasteiger partial charge is 0.573 e. The lowest BCUT2D eigenvalue weighted by Crippen LogP contribution is -2.62. The SMILES string of the molecule is CN1C(=O)[C@H](NC(=O)C(C)(C)NC(=O)N2CCCCC2)CN(c2ccc(OC(F)(F)F)cc2)c2ccc(F)cc21. The molecule has 1 saturated heterocycles. The minimum absolute atomic E-state index is 0.122. The van der Waals surface area contributed by atoms with Gasteiger partial charge in [-0.05, 0) is 75.6 Å². The van der Waals surface area contributed by atoms with Crippen LogP contribution in [0.2, 0.25) is 0 Å². The number of likely N-dealkylation sites (N-methyl/N-ethyl adjacent to an activating group) is 1. The van der Waals surface area contributed by atoms with Crippen molar-refractivity contribution in [2.45, 2.75) is 51.1 Å². The summed E-state index contributed by atoms with van der Waals surface area (Å²) in [5, 5.41) is 5.44. The van der Waals surface area contributed by atoms with Crippen LogP contribution in [0.1, 0.15) is 33.1 Å². The molecule has 0 spiro atoms. The first kappa shape index (κ1) is 29.0. The van der Waals surface area contributed by atoms with E-state index in [9.17, 15) is 31.9 Å². The molecule has 2 aromatic carbocycles. The van der Waals surface area contributed by atoms with Crippen molar-refractivity contribution in [1.82, 2.24) is 15.5 Å². The molecule has 2 aromatic rings. The van der Waals surface area contributed by atoms with Gasteiger partial charge in [-0.3, -0.25) is 9.59 Å². The Labute approximate surface area is 229 Å². The maximum Gasteiger partial charge on any atom is 0.573 e. The molecular formula is C27H31F4N5O4. The van der Waals surface area contributed by atoms with E-state index < -0.39 is 41.3 Å². The van der Waals surface area contributed by atoms with Gasteiger partial charge in [0.15, 0.2) is 0 Å². The number of urea groups is 1. The molecule has 0 aliphatic carbocycles. The van der Waals surface area contributed by atoms with Gasteiger partial charge in [-0.25, -0.2) is 9.18 Å². The maximum absolute atomic E-state index is 14.2. The Hall–Kier alpha value is -4.03. The number of rotatable bonds is 5. The smallest absolute Gasteiger partial charge is 0.406 e. The lowest BCUT2D eigenvalue weighted by molar-refractivity contribution is -0.274. The fraction of sp³-hybridized carbons (Fsp3) is 0.444. The van der Waals surface area contributed by atoms with E-state index in [0.717, 1.165) is 37.5 Å². The number of piperidine rings is 1. The van der Waals surface area contributed by atoms with Gasteiger partial charge in [-0.2, -0.15) is 0 Å². The quantitative estimate of drug-likeness (QED) is 0.528. The van der Waals surface area contributed by atoms with Crippen molar-refractivity contribution in [1.29, 1.82) is 0 Å². The van der Waals surface area contributed by atoms with E-state index in [1.54, 1.807) is 9.80 Å². The zero-order valence-corrected chi connectivity index (χ0v) is 22.3. The van der Waals surface area contributed by atoms with Crippen molar-refractivity contribution >= 4 is 34.9 Å². The summed E-state index contributed by atoms with van der Waals surface area (Å²) in [5.41, 5.74) is -0.395. The Kier molecular flexibility index (Phi) is 8.13. The molecule has 4 amide bonds. The number of anilines is 3. The molecular weight excluding hydrogens is 534 g/mol. The number of hydrogen-bond donors (Lipinski definition) is 2. The molecule has 2 N–H and O–H groups in total. The molecule has 0 bridgehead atoms. The molecule has 0 unspecified atom stereocenters. The number of ether oxygens (including phenoxy) is 1. The van der Waals surface area contributed by atoms with Crippen molar-refractivity contribution in [3.05, 3.63) is 48.3 Å². The van der Waals surface area contributed by atoms with Crippen molar-refractivity contribution in [2.75, 3.05) is 36.5 Å². The van der Waals surface area contributed by atoms with Crippen molar-refractivity contribution in [3.63, 3.8) is 0 Å². The zero-order valence-electron chi connectivity index (χ0n) is 22.3. The summed E-state index contributed by atoms with van der Waals surface area (Å²) < 4.78 is 56.1.